The Morgan fingerprint density at radius 1 is 0.267 bits per heavy atom. The van der Waals surface area contributed by atoms with Crippen molar-refractivity contribution in [1.29, 1.82) is 0 Å². The number of phosphoric acid groups is 2. The van der Waals surface area contributed by atoms with Crippen LogP contribution in [0.3, 0.4) is 0 Å². The van der Waals surface area contributed by atoms with Gasteiger partial charge in [0.1, 0.15) is 19.3 Å². The Hall–Kier alpha value is -1.94. The number of hydrogen-bond acceptors (Lipinski definition) is 15. The number of unbranched alkanes of at least 4 members (excludes halogenated alkanes) is 47. The van der Waals surface area contributed by atoms with Gasteiger partial charge in [-0.15, -0.1) is 0 Å². The van der Waals surface area contributed by atoms with E-state index in [9.17, 15) is 43.2 Å². The smallest absolute Gasteiger partial charge is 0.462 e. The van der Waals surface area contributed by atoms with E-state index in [1.54, 1.807) is 0 Å². The van der Waals surface area contributed by atoms with Crippen molar-refractivity contribution in [2.24, 2.45) is 23.7 Å². The van der Waals surface area contributed by atoms with Gasteiger partial charge in [-0.1, -0.05) is 396 Å². The molecule has 0 aliphatic carbocycles. The van der Waals surface area contributed by atoms with Gasteiger partial charge in [-0.05, 0) is 49.4 Å². The number of hydrogen-bond donors (Lipinski definition) is 3. The van der Waals surface area contributed by atoms with Crippen LogP contribution in [-0.2, 0) is 65.4 Å². The fraction of sp³-hybridized carbons (Fsp3) is 0.953. The Balaban J connectivity index is 5.22. The molecule has 0 aromatic rings. The van der Waals surface area contributed by atoms with E-state index < -0.39 is 97.5 Å². The first kappa shape index (κ1) is 103. The standard InChI is InChI=1S/C86H168O17P2/c1-9-78(7)64-56-48-40-34-28-22-17-18-24-30-36-42-52-60-68-86(91)103-82(73-97-84(89)67-59-51-45-44-49-57-65-79(8)10-2)75-101-105(94,95)99-71-80(87)70-98-104(92,93)100-74-81(102-85(90)69-61-53-43-37-31-25-19-21-27-33-39-47-55-63-77(5)6)72-96-83(88)66-58-50-41-35-29-23-16-14-12-11-13-15-20-26-32-38-46-54-62-76(3)4/h76-82,87H,9-75H2,1-8H3,(H,92,93)(H,94,95)/t78?,79?,80-,81-,82-/m1/s1. The summed E-state index contributed by atoms with van der Waals surface area (Å²) in [5.74, 6) is 1.08. The summed E-state index contributed by atoms with van der Waals surface area (Å²) in [6.45, 7) is 14.3. The normalized spacial score (nSPS) is 14.4. The van der Waals surface area contributed by atoms with Crippen molar-refractivity contribution in [2.75, 3.05) is 39.6 Å². The molecular formula is C86H168O17P2. The summed E-state index contributed by atoms with van der Waals surface area (Å²) < 4.78 is 68.9. The summed E-state index contributed by atoms with van der Waals surface area (Å²) in [7, 11) is -9.93. The SMILES string of the molecule is CCC(C)CCCCCCCCCCCCCCCCC(=O)O[C@H](COC(=O)CCCCCCCCC(C)CC)COP(=O)(O)OC[C@H](O)COP(=O)(O)OC[C@@H](COC(=O)CCCCCCCCCCCCCCCCCCCCC(C)C)OC(=O)CCCCCCCCCCCCCCCC(C)C. The molecule has 0 heterocycles. The Morgan fingerprint density at radius 3 is 0.676 bits per heavy atom. The highest BCUT2D eigenvalue weighted by Gasteiger charge is 2.31. The predicted octanol–water partition coefficient (Wildman–Crippen LogP) is 25.9. The second-order valence-corrected chi connectivity index (χ2v) is 35.3. The fourth-order valence-electron chi connectivity index (χ4n) is 13.3. The third-order valence-corrected chi connectivity index (χ3v) is 22.7. The molecule has 624 valence electrons. The van der Waals surface area contributed by atoms with Gasteiger partial charge in [-0.3, -0.25) is 37.3 Å². The van der Waals surface area contributed by atoms with E-state index in [1.807, 2.05) is 0 Å². The largest absolute Gasteiger partial charge is 0.472 e. The molecule has 4 unspecified atom stereocenters. The van der Waals surface area contributed by atoms with Crippen molar-refractivity contribution in [3.05, 3.63) is 0 Å². The van der Waals surface area contributed by atoms with Crippen molar-refractivity contribution in [3.8, 4) is 0 Å². The number of ether oxygens (including phenoxy) is 4. The number of aliphatic hydroxyl groups excluding tert-OH is 1. The molecule has 0 aromatic heterocycles. The number of carbonyl (C=O) groups is 4. The quantitative estimate of drug-likeness (QED) is 0.0222. The van der Waals surface area contributed by atoms with Crippen molar-refractivity contribution in [2.45, 2.75) is 465 Å². The third kappa shape index (κ3) is 77.2. The van der Waals surface area contributed by atoms with Crippen LogP contribution in [0.25, 0.3) is 0 Å². The van der Waals surface area contributed by atoms with E-state index in [0.29, 0.717) is 25.7 Å². The highest BCUT2D eigenvalue weighted by molar-refractivity contribution is 7.47. The molecule has 17 nitrogen and oxygen atoms in total. The molecular weight excluding hydrogens is 1370 g/mol. The lowest BCUT2D eigenvalue weighted by Gasteiger charge is -2.21. The molecule has 0 aromatic carbocycles. The van der Waals surface area contributed by atoms with E-state index in [0.717, 1.165) is 120 Å². The van der Waals surface area contributed by atoms with Gasteiger partial charge in [0, 0.05) is 25.7 Å². The van der Waals surface area contributed by atoms with E-state index >= 15 is 0 Å². The van der Waals surface area contributed by atoms with E-state index in [4.69, 9.17) is 37.0 Å². The van der Waals surface area contributed by atoms with Gasteiger partial charge in [0.05, 0.1) is 26.4 Å². The van der Waals surface area contributed by atoms with Gasteiger partial charge in [0.15, 0.2) is 12.2 Å². The van der Waals surface area contributed by atoms with Crippen LogP contribution in [0.2, 0.25) is 0 Å². The van der Waals surface area contributed by atoms with Crippen LogP contribution in [0.4, 0.5) is 0 Å². The molecule has 0 aliphatic heterocycles. The molecule has 7 atom stereocenters. The van der Waals surface area contributed by atoms with Gasteiger partial charge >= 0.3 is 39.5 Å². The molecule has 0 saturated heterocycles. The van der Waals surface area contributed by atoms with E-state index in [2.05, 4.69) is 55.4 Å². The topological polar surface area (TPSA) is 237 Å². The fourth-order valence-corrected chi connectivity index (χ4v) is 14.8. The van der Waals surface area contributed by atoms with Crippen LogP contribution >= 0.6 is 15.6 Å². The predicted molar refractivity (Wildman–Crippen MR) is 432 cm³/mol. The van der Waals surface area contributed by atoms with Crippen LogP contribution < -0.4 is 0 Å². The molecule has 3 N–H and O–H groups in total. The second kappa shape index (κ2) is 74.8. The number of aliphatic hydroxyl groups is 1. The van der Waals surface area contributed by atoms with Gasteiger partial charge in [0.2, 0.25) is 0 Å². The summed E-state index contributed by atoms with van der Waals surface area (Å²) in [5.41, 5.74) is 0. The van der Waals surface area contributed by atoms with Crippen molar-refractivity contribution >= 4 is 39.5 Å². The van der Waals surface area contributed by atoms with E-state index in [1.165, 1.54) is 244 Å². The maximum atomic E-state index is 13.1. The molecule has 0 rings (SSSR count). The molecule has 0 spiro atoms. The minimum atomic E-state index is -4.97. The lowest BCUT2D eigenvalue weighted by molar-refractivity contribution is -0.161. The minimum absolute atomic E-state index is 0.107. The zero-order valence-corrected chi connectivity index (χ0v) is 71.2. The zero-order chi connectivity index (χ0) is 77.4. The first-order valence-corrected chi connectivity index (χ1v) is 47.3. The molecule has 19 heteroatoms. The van der Waals surface area contributed by atoms with Crippen LogP contribution in [0.5, 0.6) is 0 Å². The lowest BCUT2D eigenvalue weighted by Crippen LogP contribution is -2.30. The van der Waals surface area contributed by atoms with Gasteiger partial charge in [0.25, 0.3) is 0 Å². The minimum Gasteiger partial charge on any atom is -0.462 e. The first-order valence-electron chi connectivity index (χ1n) is 44.3. The van der Waals surface area contributed by atoms with E-state index in [-0.39, 0.29) is 25.7 Å². The van der Waals surface area contributed by atoms with Gasteiger partial charge in [-0.2, -0.15) is 0 Å². The molecule has 105 heavy (non-hydrogen) atoms. The van der Waals surface area contributed by atoms with Crippen molar-refractivity contribution in [1.82, 2.24) is 0 Å². The Labute approximate surface area is 645 Å². The monoisotopic (exact) mass is 1540 g/mol. The highest BCUT2D eigenvalue weighted by atomic mass is 31.2. The Kier molecular flexibility index (Phi) is 73.4. The maximum absolute atomic E-state index is 13.1. The van der Waals surface area contributed by atoms with Crippen molar-refractivity contribution in [3.63, 3.8) is 0 Å². The lowest BCUT2D eigenvalue weighted by atomic mass is 9.99. The second-order valence-electron chi connectivity index (χ2n) is 32.4. The Morgan fingerprint density at radius 2 is 0.457 bits per heavy atom. The molecule has 0 fully saturated rings. The molecule has 0 amide bonds. The molecule has 0 radical (unpaired) electrons. The number of carbonyl (C=O) groups excluding carboxylic acids is 4. The summed E-state index contributed by atoms with van der Waals surface area (Å²) in [6, 6.07) is 0. The summed E-state index contributed by atoms with van der Waals surface area (Å²) in [5, 5.41) is 10.7. The zero-order valence-electron chi connectivity index (χ0n) is 69.4. The number of esters is 4. The van der Waals surface area contributed by atoms with Crippen LogP contribution in [0, 0.1) is 23.7 Å². The Bertz CT molecular complexity index is 2050. The van der Waals surface area contributed by atoms with Crippen molar-refractivity contribution < 1.29 is 80.2 Å². The van der Waals surface area contributed by atoms with Gasteiger partial charge in [-0.25, -0.2) is 9.13 Å². The number of rotatable bonds is 83. The maximum Gasteiger partial charge on any atom is 0.472 e. The first-order chi connectivity index (χ1) is 50.7. The molecule has 0 bridgehead atoms. The summed E-state index contributed by atoms with van der Waals surface area (Å²) >= 11 is 0. The van der Waals surface area contributed by atoms with Crippen LogP contribution in [0.1, 0.15) is 447 Å². The van der Waals surface area contributed by atoms with Gasteiger partial charge < -0.3 is 33.8 Å². The van der Waals surface area contributed by atoms with Crippen LogP contribution in [-0.4, -0.2) is 96.7 Å². The average Bonchev–Trinajstić information content (AvgIpc) is 0.912. The highest BCUT2D eigenvalue weighted by Crippen LogP contribution is 2.45. The summed E-state index contributed by atoms with van der Waals surface area (Å²) in [4.78, 5) is 73.2. The summed E-state index contributed by atoms with van der Waals surface area (Å²) in [6.07, 6.45) is 63.9. The third-order valence-electron chi connectivity index (χ3n) is 20.8. The molecule has 0 saturated carbocycles. The average molecular weight is 1540 g/mol. The van der Waals surface area contributed by atoms with Crippen LogP contribution in [0.15, 0.2) is 0 Å². The molecule has 0 aliphatic rings. The number of phosphoric ester groups is 2.